The number of amides is 1. The molecular weight excluding hydrogens is 287 g/mol. The zero-order valence-corrected chi connectivity index (χ0v) is 11.6. The average Bonchev–Trinajstić information content (AvgIpc) is 2.69. The first kappa shape index (κ1) is 13.7. The highest BCUT2D eigenvalue weighted by Gasteiger charge is 2.23. The Bertz CT molecular complexity index is 612. The molecule has 0 aliphatic carbocycles. The molecule has 0 aliphatic heterocycles. The van der Waals surface area contributed by atoms with Crippen molar-refractivity contribution in [3.8, 4) is 0 Å². The van der Waals surface area contributed by atoms with Crippen molar-refractivity contribution in [1.82, 2.24) is 9.55 Å². The molecule has 100 valence electrons. The number of carbonyl (C=O) groups is 1. The zero-order valence-electron chi connectivity index (χ0n) is 10.1. The number of halogens is 2. The number of primary amides is 1. The van der Waals surface area contributed by atoms with Crippen LogP contribution < -0.4 is 11.1 Å². The highest BCUT2D eigenvalue weighted by Crippen LogP contribution is 2.26. The third-order valence-electron chi connectivity index (χ3n) is 2.68. The number of hydrogen-bond donors (Lipinski definition) is 2. The molecule has 0 saturated carbocycles. The van der Waals surface area contributed by atoms with Crippen LogP contribution in [0.4, 0.5) is 5.69 Å². The van der Waals surface area contributed by atoms with Crippen LogP contribution in [-0.2, 0) is 11.8 Å². The van der Waals surface area contributed by atoms with E-state index in [1.165, 1.54) is 6.20 Å². The molecule has 0 bridgehead atoms. The maximum Gasteiger partial charge on any atom is 0.247 e. The number of rotatable bonds is 4. The molecule has 3 N–H and O–H groups in total. The lowest BCUT2D eigenvalue weighted by molar-refractivity contribution is -0.119. The lowest BCUT2D eigenvalue weighted by Gasteiger charge is -2.17. The second-order valence-electron chi connectivity index (χ2n) is 3.96. The van der Waals surface area contributed by atoms with Gasteiger partial charge in [-0.2, -0.15) is 0 Å². The van der Waals surface area contributed by atoms with Crippen LogP contribution in [0.3, 0.4) is 0 Å². The van der Waals surface area contributed by atoms with Crippen LogP contribution in [-0.4, -0.2) is 15.5 Å². The maximum atomic E-state index is 11.6. The molecule has 5 nitrogen and oxygen atoms in total. The Balaban J connectivity index is 2.35. The molecule has 0 saturated heterocycles. The molecule has 0 radical (unpaired) electrons. The Morgan fingerprint density at radius 2 is 2.11 bits per heavy atom. The van der Waals surface area contributed by atoms with E-state index in [1.807, 2.05) is 0 Å². The number of imidazole rings is 1. The van der Waals surface area contributed by atoms with Crippen molar-refractivity contribution >= 4 is 34.8 Å². The number of para-hydroxylation sites is 1. The van der Waals surface area contributed by atoms with E-state index in [-0.39, 0.29) is 0 Å². The summed E-state index contributed by atoms with van der Waals surface area (Å²) in [6.07, 6.45) is 1.46. The monoisotopic (exact) mass is 298 g/mol. The lowest BCUT2D eigenvalue weighted by Crippen LogP contribution is -2.30. The molecule has 1 atom stereocenters. The van der Waals surface area contributed by atoms with E-state index in [9.17, 15) is 4.79 Å². The van der Waals surface area contributed by atoms with E-state index in [4.69, 9.17) is 28.9 Å². The minimum atomic E-state index is -0.808. The highest BCUT2D eigenvalue weighted by molar-refractivity contribution is 6.33. The highest BCUT2D eigenvalue weighted by atomic mass is 35.5. The number of carbonyl (C=O) groups excluding carboxylic acids is 1. The van der Waals surface area contributed by atoms with Crippen molar-refractivity contribution in [3.63, 3.8) is 0 Å². The van der Waals surface area contributed by atoms with Gasteiger partial charge in [0.25, 0.3) is 0 Å². The van der Waals surface area contributed by atoms with Crippen LogP contribution >= 0.6 is 23.2 Å². The third-order valence-corrected chi connectivity index (χ3v) is 3.36. The number of hydrogen-bond acceptors (Lipinski definition) is 3. The summed E-state index contributed by atoms with van der Waals surface area (Å²) in [6, 6.07) is 6.26. The zero-order chi connectivity index (χ0) is 14.0. The van der Waals surface area contributed by atoms with Gasteiger partial charge in [-0.25, -0.2) is 4.98 Å². The predicted octanol–water partition coefficient (Wildman–Crippen LogP) is 2.37. The Morgan fingerprint density at radius 1 is 1.42 bits per heavy atom. The van der Waals surface area contributed by atoms with Gasteiger partial charge in [0.1, 0.15) is 11.0 Å². The fourth-order valence-electron chi connectivity index (χ4n) is 1.67. The summed E-state index contributed by atoms with van der Waals surface area (Å²) >= 11 is 11.9. The van der Waals surface area contributed by atoms with E-state index in [0.717, 1.165) is 0 Å². The van der Waals surface area contributed by atoms with Crippen LogP contribution in [0.15, 0.2) is 30.5 Å². The smallest absolute Gasteiger partial charge is 0.247 e. The van der Waals surface area contributed by atoms with Crippen molar-refractivity contribution < 1.29 is 4.79 Å². The molecular formula is C12H12Cl2N4O. The Labute approximate surface area is 120 Å². The van der Waals surface area contributed by atoms with Crippen molar-refractivity contribution in [2.24, 2.45) is 12.8 Å². The van der Waals surface area contributed by atoms with Gasteiger partial charge in [0.05, 0.1) is 16.9 Å². The number of benzene rings is 1. The van der Waals surface area contributed by atoms with E-state index in [2.05, 4.69) is 10.3 Å². The van der Waals surface area contributed by atoms with Crippen molar-refractivity contribution in [1.29, 1.82) is 0 Å². The first-order chi connectivity index (χ1) is 9.00. The van der Waals surface area contributed by atoms with Gasteiger partial charge in [-0.15, -0.1) is 0 Å². The molecule has 1 unspecified atom stereocenters. The minimum absolute atomic E-state index is 0.419. The topological polar surface area (TPSA) is 72.9 Å². The van der Waals surface area contributed by atoms with Gasteiger partial charge in [-0.1, -0.05) is 35.3 Å². The summed E-state index contributed by atoms with van der Waals surface area (Å²) in [5, 5.41) is 3.88. The molecule has 19 heavy (non-hydrogen) atoms. The van der Waals surface area contributed by atoms with Gasteiger partial charge >= 0.3 is 0 Å². The minimum Gasteiger partial charge on any atom is -0.367 e. The van der Waals surface area contributed by atoms with E-state index >= 15 is 0 Å². The number of nitrogens with one attached hydrogen (secondary N) is 1. The Hall–Kier alpha value is -1.72. The summed E-state index contributed by atoms with van der Waals surface area (Å²) in [5.41, 5.74) is 6.01. The van der Waals surface area contributed by atoms with Gasteiger partial charge in [0.15, 0.2) is 6.04 Å². The molecule has 1 heterocycles. The van der Waals surface area contributed by atoms with E-state index < -0.39 is 11.9 Å². The molecule has 7 heteroatoms. The van der Waals surface area contributed by atoms with Gasteiger partial charge in [-0.05, 0) is 12.1 Å². The SMILES string of the molecule is Cn1c(Cl)cnc1C(Nc1ccccc1Cl)C(N)=O. The summed E-state index contributed by atoms with van der Waals surface area (Å²) < 4.78 is 1.58. The summed E-state index contributed by atoms with van der Waals surface area (Å²) in [6.45, 7) is 0. The molecule has 1 amide bonds. The average molecular weight is 299 g/mol. The molecule has 1 aromatic carbocycles. The van der Waals surface area contributed by atoms with Crippen molar-refractivity contribution in [3.05, 3.63) is 46.5 Å². The second kappa shape index (κ2) is 5.50. The lowest BCUT2D eigenvalue weighted by atomic mass is 10.2. The van der Waals surface area contributed by atoms with Crippen LogP contribution in [0.25, 0.3) is 0 Å². The number of nitrogens with two attached hydrogens (primary N) is 1. The van der Waals surface area contributed by atoms with Gasteiger partial charge in [-0.3, -0.25) is 4.79 Å². The molecule has 0 aliphatic rings. The van der Waals surface area contributed by atoms with E-state index in [1.54, 1.807) is 35.9 Å². The standard InChI is InChI=1S/C12H12Cl2N4O/c1-18-9(14)6-16-12(18)10(11(15)19)17-8-5-3-2-4-7(8)13/h2-6,10,17H,1H3,(H2,15,19). The molecule has 2 rings (SSSR count). The van der Waals surface area contributed by atoms with Crippen LogP contribution in [0, 0.1) is 0 Å². The number of anilines is 1. The maximum absolute atomic E-state index is 11.6. The van der Waals surface area contributed by atoms with E-state index in [0.29, 0.717) is 21.7 Å². The number of aromatic nitrogens is 2. The van der Waals surface area contributed by atoms with Crippen molar-refractivity contribution in [2.75, 3.05) is 5.32 Å². The normalized spacial score (nSPS) is 12.2. The predicted molar refractivity (Wildman–Crippen MR) is 75.2 cm³/mol. The molecule has 2 aromatic rings. The fraction of sp³-hybridized carbons (Fsp3) is 0.167. The molecule has 0 spiro atoms. The fourth-order valence-corrected chi connectivity index (χ4v) is 1.99. The summed E-state index contributed by atoms with van der Waals surface area (Å²) in [4.78, 5) is 15.7. The summed E-state index contributed by atoms with van der Waals surface area (Å²) in [5.74, 6) is -0.136. The molecule has 0 fully saturated rings. The largest absolute Gasteiger partial charge is 0.367 e. The second-order valence-corrected chi connectivity index (χ2v) is 4.75. The number of nitrogens with zero attached hydrogens (tertiary/aromatic N) is 2. The van der Waals surface area contributed by atoms with Gasteiger partial charge in [0.2, 0.25) is 5.91 Å². The van der Waals surface area contributed by atoms with Crippen LogP contribution in [0.5, 0.6) is 0 Å². The van der Waals surface area contributed by atoms with Gasteiger partial charge < -0.3 is 15.6 Å². The summed E-state index contributed by atoms with van der Waals surface area (Å²) in [7, 11) is 1.70. The Kier molecular flexibility index (Phi) is 3.97. The van der Waals surface area contributed by atoms with Gasteiger partial charge in [0, 0.05) is 7.05 Å². The van der Waals surface area contributed by atoms with Crippen LogP contribution in [0.1, 0.15) is 11.9 Å². The van der Waals surface area contributed by atoms with Crippen LogP contribution in [0.2, 0.25) is 10.2 Å². The third kappa shape index (κ3) is 2.83. The first-order valence-electron chi connectivity index (χ1n) is 5.48. The molecule has 1 aromatic heterocycles. The van der Waals surface area contributed by atoms with Crippen molar-refractivity contribution in [2.45, 2.75) is 6.04 Å². The first-order valence-corrected chi connectivity index (χ1v) is 6.23. The Morgan fingerprint density at radius 3 is 2.63 bits per heavy atom. The quantitative estimate of drug-likeness (QED) is 0.910.